The average Bonchev–Trinajstić information content (AvgIpc) is 2.83. The third-order valence-electron chi connectivity index (χ3n) is 5.06. The van der Waals surface area contributed by atoms with Gasteiger partial charge in [-0.1, -0.05) is 37.8 Å². The van der Waals surface area contributed by atoms with Gasteiger partial charge in [-0.3, -0.25) is 19.2 Å². The summed E-state index contributed by atoms with van der Waals surface area (Å²) in [5.74, 6) is -4.11. The molecule has 2 heterocycles. The number of ether oxygens (including phenoxy) is 1. The fourth-order valence-electron chi connectivity index (χ4n) is 3.12. The van der Waals surface area contributed by atoms with E-state index in [2.05, 4.69) is 25.9 Å². The molecule has 13 heteroatoms. The van der Waals surface area contributed by atoms with E-state index in [0.717, 1.165) is 18.0 Å². The molecule has 3 N–H and O–H groups in total. The number of amides is 3. The van der Waals surface area contributed by atoms with Crippen LogP contribution in [-0.4, -0.2) is 56.7 Å². The normalized spacial score (nSPS) is 21.0. The maximum atomic E-state index is 14.2. The number of hydrogen-bond acceptors (Lipinski definition) is 9. The zero-order chi connectivity index (χ0) is 27.5. The van der Waals surface area contributed by atoms with Gasteiger partial charge in [-0.05, 0) is 25.3 Å². The highest BCUT2D eigenvalue weighted by Gasteiger charge is 2.30. The van der Waals surface area contributed by atoms with Crippen molar-refractivity contribution in [3.63, 3.8) is 0 Å². The Kier molecular flexibility index (Phi) is 11.4. The molecule has 2 bridgehead atoms. The molecule has 0 radical (unpaired) electrons. The number of aromatic nitrogens is 2. The van der Waals surface area contributed by atoms with Crippen molar-refractivity contribution >= 4 is 40.6 Å². The van der Waals surface area contributed by atoms with Crippen molar-refractivity contribution in [2.45, 2.75) is 59.2 Å². The number of nitrogens with zero attached hydrogens (tertiary/aromatic N) is 2. The fraction of sp³-hybridized carbons (Fsp3) is 0.458. The van der Waals surface area contributed by atoms with E-state index >= 15 is 0 Å². The van der Waals surface area contributed by atoms with Crippen molar-refractivity contribution in [1.29, 1.82) is 0 Å². The summed E-state index contributed by atoms with van der Waals surface area (Å²) in [5.41, 5.74) is -0.407. The van der Waals surface area contributed by atoms with Crippen LogP contribution >= 0.6 is 11.8 Å². The molecular formula is C24H30FN5O6S. The zero-order valence-electron chi connectivity index (χ0n) is 21.0. The molecule has 0 aromatic carbocycles. The number of nitrogens with one attached hydrogen (secondary N) is 3. The van der Waals surface area contributed by atoms with Crippen LogP contribution in [0.3, 0.4) is 0 Å². The number of rotatable bonds is 5. The summed E-state index contributed by atoms with van der Waals surface area (Å²) in [6, 6.07) is -1.09. The Hall–Kier alpha value is -3.61. The molecule has 1 aromatic rings. The second-order valence-corrected chi connectivity index (χ2v) is 9.62. The molecule has 1 aromatic heterocycles. The van der Waals surface area contributed by atoms with E-state index in [-0.39, 0.29) is 29.5 Å². The second kappa shape index (κ2) is 14.2. The number of halogens is 1. The van der Waals surface area contributed by atoms with Crippen LogP contribution in [0.2, 0.25) is 0 Å². The first-order valence-corrected chi connectivity index (χ1v) is 12.6. The molecule has 1 aliphatic heterocycles. The van der Waals surface area contributed by atoms with Gasteiger partial charge in [0.1, 0.15) is 17.8 Å². The first-order chi connectivity index (χ1) is 17.5. The third-order valence-corrected chi connectivity index (χ3v) is 5.90. The lowest BCUT2D eigenvalue weighted by Gasteiger charge is -2.24. The summed E-state index contributed by atoms with van der Waals surface area (Å²) < 4.78 is 19.8. The Morgan fingerprint density at radius 1 is 1.27 bits per heavy atom. The largest absolute Gasteiger partial charge is 0.456 e. The van der Waals surface area contributed by atoms with E-state index in [1.165, 1.54) is 26.0 Å². The van der Waals surface area contributed by atoms with Crippen molar-refractivity contribution in [2.75, 3.05) is 5.75 Å². The van der Waals surface area contributed by atoms with Gasteiger partial charge < -0.3 is 20.7 Å². The van der Waals surface area contributed by atoms with Crippen molar-refractivity contribution in [1.82, 2.24) is 25.9 Å². The van der Waals surface area contributed by atoms with Gasteiger partial charge in [-0.2, -0.15) is 0 Å². The van der Waals surface area contributed by atoms with Crippen molar-refractivity contribution in [3.8, 4) is 0 Å². The van der Waals surface area contributed by atoms with Crippen LogP contribution < -0.4 is 16.0 Å². The highest BCUT2D eigenvalue weighted by atomic mass is 32.2. The highest BCUT2D eigenvalue weighted by molar-refractivity contribution is 8.13. The molecule has 0 unspecified atom stereocenters. The lowest BCUT2D eigenvalue weighted by molar-refractivity contribution is -0.153. The number of carbonyl (C=O) groups is 5. The number of esters is 1. The molecule has 0 aliphatic carbocycles. The molecule has 1 aliphatic rings. The predicted molar refractivity (Wildman–Crippen MR) is 133 cm³/mol. The minimum atomic E-state index is -1.09. The van der Waals surface area contributed by atoms with E-state index in [1.54, 1.807) is 19.9 Å². The molecule has 0 saturated carbocycles. The molecule has 200 valence electrons. The lowest BCUT2D eigenvalue weighted by Crippen LogP contribution is -2.48. The zero-order valence-corrected chi connectivity index (χ0v) is 21.8. The number of allylic oxidation sites excluding steroid dienone is 2. The molecule has 0 fully saturated rings. The Bertz CT molecular complexity index is 1110. The Morgan fingerprint density at radius 3 is 2.65 bits per heavy atom. The molecule has 11 nitrogen and oxygen atoms in total. The minimum absolute atomic E-state index is 0.0313. The van der Waals surface area contributed by atoms with Gasteiger partial charge in [-0.25, -0.2) is 19.2 Å². The number of carbonyl (C=O) groups excluding carboxylic acids is 5. The minimum Gasteiger partial charge on any atom is -0.456 e. The van der Waals surface area contributed by atoms with Crippen LogP contribution in [0.4, 0.5) is 4.39 Å². The summed E-state index contributed by atoms with van der Waals surface area (Å²) in [6.45, 7) is 6.01. The maximum Gasteiger partial charge on any atom is 0.329 e. The summed E-state index contributed by atoms with van der Waals surface area (Å²) in [5, 5.41) is 7.36. The van der Waals surface area contributed by atoms with Gasteiger partial charge in [0.25, 0.3) is 11.8 Å². The van der Waals surface area contributed by atoms with Gasteiger partial charge in [0, 0.05) is 12.7 Å². The maximum absolute atomic E-state index is 14.2. The molecule has 0 saturated heterocycles. The average molecular weight is 536 g/mol. The Balaban J connectivity index is 2.37. The molecule has 0 spiro atoms. The van der Waals surface area contributed by atoms with Gasteiger partial charge >= 0.3 is 5.97 Å². The quantitative estimate of drug-likeness (QED) is 0.220. The third kappa shape index (κ3) is 9.41. The van der Waals surface area contributed by atoms with Gasteiger partial charge in [0.05, 0.1) is 24.9 Å². The molecule has 37 heavy (non-hydrogen) atoms. The van der Waals surface area contributed by atoms with Crippen molar-refractivity contribution < 1.29 is 33.1 Å². The van der Waals surface area contributed by atoms with E-state index < -0.39 is 53.4 Å². The first kappa shape index (κ1) is 29.6. The van der Waals surface area contributed by atoms with Gasteiger partial charge in [0.2, 0.25) is 11.7 Å². The van der Waals surface area contributed by atoms with E-state index in [1.807, 2.05) is 0 Å². The van der Waals surface area contributed by atoms with Crippen LogP contribution in [0.15, 0.2) is 30.1 Å². The van der Waals surface area contributed by atoms with E-state index in [0.29, 0.717) is 12.2 Å². The number of hydrogen-bond donors (Lipinski definition) is 3. The smallest absolute Gasteiger partial charge is 0.329 e. The van der Waals surface area contributed by atoms with E-state index in [4.69, 9.17) is 4.74 Å². The molecule has 2 atom stereocenters. The van der Waals surface area contributed by atoms with E-state index in [9.17, 15) is 28.4 Å². The summed E-state index contributed by atoms with van der Waals surface area (Å²) in [4.78, 5) is 69.6. The first-order valence-electron chi connectivity index (χ1n) is 11.6. The molecule has 3 amide bonds. The second-order valence-electron chi connectivity index (χ2n) is 8.35. The van der Waals surface area contributed by atoms with Crippen LogP contribution in [0, 0.1) is 11.7 Å². The van der Waals surface area contributed by atoms with Gasteiger partial charge in [-0.15, -0.1) is 0 Å². The number of thioether (sulfide) groups is 1. The Morgan fingerprint density at radius 2 is 2.00 bits per heavy atom. The highest BCUT2D eigenvalue weighted by Crippen LogP contribution is 2.12. The van der Waals surface area contributed by atoms with Crippen molar-refractivity contribution in [3.05, 3.63) is 47.5 Å². The van der Waals surface area contributed by atoms with Crippen LogP contribution in [-0.2, 0) is 30.5 Å². The lowest BCUT2D eigenvalue weighted by atomic mass is 10.0. The van der Waals surface area contributed by atoms with Crippen molar-refractivity contribution in [2.24, 2.45) is 5.92 Å². The monoisotopic (exact) mass is 535 g/mol. The SMILES string of the molecule is C/C=C1\NC(=O)c2ncc(F)c(n2)CNC(=O)C[C@@H](/C=C/CCSC(C)=O)OC(=O)[C@H](C(C)C)NC1=O. The number of cyclic esters (lactones) is 1. The predicted octanol–water partition coefficient (Wildman–Crippen LogP) is 1.55. The van der Waals surface area contributed by atoms with Crippen LogP contribution in [0.5, 0.6) is 0 Å². The van der Waals surface area contributed by atoms with Crippen LogP contribution in [0.1, 0.15) is 56.8 Å². The molecule has 2 rings (SSSR count). The van der Waals surface area contributed by atoms with Gasteiger partial charge in [0.15, 0.2) is 10.9 Å². The van der Waals surface area contributed by atoms with Crippen LogP contribution in [0.25, 0.3) is 0 Å². The Labute approximate surface area is 218 Å². The topological polar surface area (TPSA) is 156 Å². The molecular weight excluding hydrogens is 505 g/mol. The standard InChI is InChI=1S/C24H30FN5O6S/c1-5-17-22(33)30-20(13(2)3)24(35)36-15(8-6-7-9-37-14(4)31)10-19(32)26-12-18-16(25)11-27-21(28-18)23(34)29-17/h5-6,8,11,13,15,20H,7,9-10,12H2,1-4H3,(H,26,32)(H,29,34)(H,30,33)/b8-6+,17-5-/t15-,20+/m1/s1. The summed E-state index contributed by atoms with van der Waals surface area (Å²) in [6.07, 6.45) is 4.54. The summed E-state index contributed by atoms with van der Waals surface area (Å²) >= 11 is 1.14. The number of fused-ring (bicyclic) bond motifs is 2. The fourth-order valence-corrected chi connectivity index (χ4v) is 3.66. The summed E-state index contributed by atoms with van der Waals surface area (Å²) in [7, 11) is 0.